The molecule has 1 saturated heterocycles. The molecule has 2 aromatic carbocycles. The summed E-state index contributed by atoms with van der Waals surface area (Å²) in [5.74, 6) is -0.482. The van der Waals surface area contributed by atoms with Crippen LogP contribution < -0.4 is 5.73 Å². The van der Waals surface area contributed by atoms with E-state index in [0.29, 0.717) is 11.1 Å². The first kappa shape index (κ1) is 14.3. The van der Waals surface area contributed by atoms with Gasteiger partial charge >= 0.3 is 0 Å². The molecule has 0 bridgehead atoms. The van der Waals surface area contributed by atoms with Crippen molar-refractivity contribution in [3.8, 4) is 0 Å². The molecule has 2 aromatic rings. The number of primary amides is 1. The summed E-state index contributed by atoms with van der Waals surface area (Å²) >= 11 is 0. The van der Waals surface area contributed by atoms with Gasteiger partial charge in [0.1, 0.15) is 0 Å². The molecule has 0 aliphatic carbocycles. The van der Waals surface area contributed by atoms with Gasteiger partial charge in [0.15, 0.2) is 0 Å². The molecule has 0 saturated carbocycles. The fourth-order valence-corrected chi connectivity index (χ4v) is 2.97. The molecule has 2 amide bonds. The van der Waals surface area contributed by atoms with Crippen LogP contribution in [0.3, 0.4) is 0 Å². The number of carbonyl (C=O) groups excluding carboxylic acids is 2. The molecule has 1 aliphatic heterocycles. The van der Waals surface area contributed by atoms with Gasteiger partial charge in [-0.2, -0.15) is 0 Å². The molecule has 1 atom stereocenters. The van der Waals surface area contributed by atoms with Crippen LogP contribution in [0.25, 0.3) is 0 Å². The zero-order valence-electron chi connectivity index (χ0n) is 12.2. The molecule has 0 spiro atoms. The van der Waals surface area contributed by atoms with E-state index < -0.39 is 5.91 Å². The second-order valence-electron chi connectivity index (χ2n) is 5.51. The van der Waals surface area contributed by atoms with Gasteiger partial charge in [0.2, 0.25) is 5.91 Å². The highest BCUT2D eigenvalue weighted by atomic mass is 16.2. The Labute approximate surface area is 129 Å². The smallest absolute Gasteiger partial charge is 0.254 e. The van der Waals surface area contributed by atoms with E-state index in [0.717, 1.165) is 19.4 Å². The van der Waals surface area contributed by atoms with Gasteiger partial charge in [0, 0.05) is 17.7 Å². The van der Waals surface area contributed by atoms with E-state index in [1.165, 1.54) is 5.56 Å². The molecule has 4 heteroatoms. The number of amides is 2. The molecule has 2 N–H and O–H groups in total. The molecular formula is C18H18N2O2. The maximum absolute atomic E-state index is 12.7. The number of benzene rings is 2. The van der Waals surface area contributed by atoms with Crippen LogP contribution in [-0.2, 0) is 0 Å². The van der Waals surface area contributed by atoms with E-state index in [2.05, 4.69) is 12.1 Å². The fourth-order valence-electron chi connectivity index (χ4n) is 2.97. The largest absolute Gasteiger partial charge is 0.366 e. The lowest BCUT2D eigenvalue weighted by molar-refractivity contribution is 0.0735. The monoisotopic (exact) mass is 294 g/mol. The third-order valence-electron chi connectivity index (χ3n) is 4.11. The summed E-state index contributed by atoms with van der Waals surface area (Å²) < 4.78 is 0. The van der Waals surface area contributed by atoms with Crippen molar-refractivity contribution in [1.29, 1.82) is 0 Å². The quantitative estimate of drug-likeness (QED) is 0.946. The summed E-state index contributed by atoms with van der Waals surface area (Å²) in [6.45, 7) is 0.760. The van der Waals surface area contributed by atoms with E-state index in [1.54, 1.807) is 24.3 Å². The van der Waals surface area contributed by atoms with E-state index >= 15 is 0 Å². The van der Waals surface area contributed by atoms with E-state index in [1.807, 2.05) is 23.1 Å². The highest BCUT2D eigenvalue weighted by molar-refractivity contribution is 5.97. The van der Waals surface area contributed by atoms with Crippen molar-refractivity contribution in [2.75, 3.05) is 6.54 Å². The molecule has 112 valence electrons. The average Bonchev–Trinajstić information content (AvgIpc) is 3.04. The number of carbonyl (C=O) groups is 2. The van der Waals surface area contributed by atoms with Gasteiger partial charge in [-0.1, -0.05) is 30.3 Å². The number of hydrogen-bond donors (Lipinski definition) is 1. The highest BCUT2D eigenvalue weighted by Crippen LogP contribution is 2.32. The Morgan fingerprint density at radius 1 is 0.955 bits per heavy atom. The topological polar surface area (TPSA) is 63.4 Å². The Morgan fingerprint density at radius 3 is 2.23 bits per heavy atom. The predicted octanol–water partition coefficient (Wildman–Crippen LogP) is 2.76. The van der Waals surface area contributed by atoms with Crippen LogP contribution in [0.5, 0.6) is 0 Å². The first-order valence-electron chi connectivity index (χ1n) is 7.42. The van der Waals surface area contributed by atoms with E-state index in [-0.39, 0.29) is 11.9 Å². The number of nitrogens with zero attached hydrogens (tertiary/aromatic N) is 1. The Kier molecular flexibility index (Phi) is 3.92. The summed E-state index contributed by atoms with van der Waals surface area (Å²) in [5.41, 5.74) is 7.40. The van der Waals surface area contributed by atoms with Gasteiger partial charge in [0.25, 0.3) is 5.91 Å². The summed E-state index contributed by atoms with van der Waals surface area (Å²) in [5, 5.41) is 0. The second-order valence-corrected chi connectivity index (χ2v) is 5.51. The van der Waals surface area contributed by atoms with Crippen molar-refractivity contribution < 1.29 is 9.59 Å². The van der Waals surface area contributed by atoms with Crippen LogP contribution in [0.2, 0.25) is 0 Å². The maximum atomic E-state index is 12.7. The van der Waals surface area contributed by atoms with Gasteiger partial charge in [-0.3, -0.25) is 9.59 Å². The Morgan fingerprint density at radius 2 is 1.59 bits per heavy atom. The van der Waals surface area contributed by atoms with Gasteiger partial charge < -0.3 is 10.6 Å². The van der Waals surface area contributed by atoms with E-state index in [9.17, 15) is 9.59 Å². The van der Waals surface area contributed by atoms with Crippen LogP contribution in [0, 0.1) is 0 Å². The van der Waals surface area contributed by atoms with Crippen LogP contribution in [0.15, 0.2) is 54.6 Å². The zero-order valence-corrected chi connectivity index (χ0v) is 12.2. The lowest BCUT2D eigenvalue weighted by Gasteiger charge is -2.25. The SMILES string of the molecule is NC(=O)c1ccc(C(=O)N2CCCC2c2ccccc2)cc1. The van der Waals surface area contributed by atoms with Gasteiger partial charge in [0.05, 0.1) is 6.04 Å². The van der Waals surface area contributed by atoms with Crippen LogP contribution in [-0.4, -0.2) is 23.3 Å². The third kappa shape index (κ3) is 2.72. The molecule has 22 heavy (non-hydrogen) atoms. The molecule has 1 fully saturated rings. The molecule has 1 unspecified atom stereocenters. The first-order chi connectivity index (χ1) is 10.7. The molecule has 0 radical (unpaired) electrons. The lowest BCUT2D eigenvalue weighted by atomic mass is 10.0. The van der Waals surface area contributed by atoms with Crippen LogP contribution in [0.4, 0.5) is 0 Å². The minimum absolute atomic E-state index is 0.00220. The number of nitrogens with two attached hydrogens (primary N) is 1. The zero-order chi connectivity index (χ0) is 15.5. The molecule has 1 heterocycles. The maximum Gasteiger partial charge on any atom is 0.254 e. The second kappa shape index (κ2) is 6.02. The number of likely N-dealkylation sites (tertiary alicyclic amines) is 1. The van der Waals surface area contributed by atoms with Crippen molar-refractivity contribution in [2.24, 2.45) is 5.73 Å². The fraction of sp³-hybridized carbons (Fsp3) is 0.222. The molecule has 1 aliphatic rings. The van der Waals surface area contributed by atoms with Crippen LogP contribution in [0.1, 0.15) is 45.2 Å². The van der Waals surface area contributed by atoms with Crippen LogP contribution >= 0.6 is 0 Å². The first-order valence-corrected chi connectivity index (χ1v) is 7.42. The Balaban J connectivity index is 1.83. The minimum atomic E-state index is -0.484. The van der Waals surface area contributed by atoms with Crippen molar-refractivity contribution >= 4 is 11.8 Å². The summed E-state index contributed by atoms with van der Waals surface area (Å²) in [6.07, 6.45) is 1.99. The molecule has 4 nitrogen and oxygen atoms in total. The number of rotatable bonds is 3. The summed E-state index contributed by atoms with van der Waals surface area (Å²) in [6, 6.07) is 16.8. The molecular weight excluding hydrogens is 276 g/mol. The normalized spacial score (nSPS) is 17.5. The number of hydrogen-bond acceptors (Lipinski definition) is 2. The van der Waals surface area contributed by atoms with Crippen molar-refractivity contribution in [2.45, 2.75) is 18.9 Å². The summed E-state index contributed by atoms with van der Waals surface area (Å²) in [7, 11) is 0. The van der Waals surface area contributed by atoms with E-state index in [4.69, 9.17) is 5.73 Å². The average molecular weight is 294 g/mol. The summed E-state index contributed by atoms with van der Waals surface area (Å²) in [4.78, 5) is 25.7. The van der Waals surface area contributed by atoms with Crippen molar-refractivity contribution in [3.63, 3.8) is 0 Å². The predicted molar refractivity (Wildman–Crippen MR) is 84.4 cm³/mol. The molecule has 0 aromatic heterocycles. The Bertz CT molecular complexity index is 680. The highest BCUT2D eigenvalue weighted by Gasteiger charge is 2.30. The third-order valence-corrected chi connectivity index (χ3v) is 4.11. The van der Waals surface area contributed by atoms with Gasteiger partial charge in [-0.05, 0) is 42.7 Å². The molecule has 3 rings (SSSR count). The standard InChI is InChI=1S/C18H18N2O2/c19-17(21)14-8-10-15(11-9-14)18(22)20-12-4-7-16(20)13-5-2-1-3-6-13/h1-3,5-6,8-11,16H,4,7,12H2,(H2,19,21). The van der Waals surface area contributed by atoms with Gasteiger partial charge in [-0.25, -0.2) is 0 Å². The van der Waals surface area contributed by atoms with Gasteiger partial charge in [-0.15, -0.1) is 0 Å². The van der Waals surface area contributed by atoms with Crippen molar-refractivity contribution in [3.05, 3.63) is 71.3 Å². The van der Waals surface area contributed by atoms with Crippen molar-refractivity contribution in [1.82, 2.24) is 4.90 Å². The minimum Gasteiger partial charge on any atom is -0.366 e. The lowest BCUT2D eigenvalue weighted by Crippen LogP contribution is -2.30. The Hall–Kier alpha value is -2.62.